The van der Waals surface area contributed by atoms with E-state index in [4.69, 9.17) is 4.42 Å². The number of amides is 1. The predicted molar refractivity (Wildman–Crippen MR) is 103 cm³/mol. The molecule has 0 saturated heterocycles. The van der Waals surface area contributed by atoms with E-state index in [1.54, 1.807) is 0 Å². The van der Waals surface area contributed by atoms with Gasteiger partial charge in [-0.15, -0.1) is 0 Å². The molecule has 2 aromatic heterocycles. The Bertz CT molecular complexity index is 1220. The van der Waals surface area contributed by atoms with Crippen molar-refractivity contribution in [1.82, 2.24) is 9.88 Å². The number of nitrogens with one attached hydrogen (secondary N) is 1. The topological polar surface area (TPSA) is 49.2 Å². The van der Waals surface area contributed by atoms with Gasteiger partial charge in [0.25, 0.3) is 5.91 Å². The summed E-state index contributed by atoms with van der Waals surface area (Å²) in [7, 11) is 0. The van der Waals surface area contributed by atoms with E-state index in [0.29, 0.717) is 6.54 Å². The number of furan rings is 1. The van der Waals surface area contributed by atoms with Crippen LogP contribution in [-0.2, 0) is 0 Å². The van der Waals surface area contributed by atoms with Crippen molar-refractivity contribution in [3.63, 3.8) is 0 Å². The lowest BCUT2D eigenvalue weighted by Gasteiger charge is -2.35. The molecule has 4 heteroatoms. The Morgan fingerprint density at radius 2 is 1.85 bits per heavy atom. The number of para-hydroxylation sites is 1. The van der Waals surface area contributed by atoms with Gasteiger partial charge in [0, 0.05) is 28.7 Å². The lowest BCUT2D eigenvalue weighted by atomic mass is 9.85. The zero-order valence-electron chi connectivity index (χ0n) is 14.9. The maximum atomic E-state index is 13.1. The zero-order chi connectivity index (χ0) is 18.1. The SMILES string of the molecule is Cc1ccc([C@H]2CN3C(=O)c4ccccc4[C@@H]3c3[nH]c4ccccc4c32)o1. The highest BCUT2D eigenvalue weighted by Crippen LogP contribution is 2.49. The van der Waals surface area contributed by atoms with Gasteiger partial charge in [0.15, 0.2) is 0 Å². The Hall–Kier alpha value is -3.27. The molecule has 0 aliphatic carbocycles. The van der Waals surface area contributed by atoms with Crippen molar-refractivity contribution in [1.29, 1.82) is 0 Å². The zero-order valence-corrected chi connectivity index (χ0v) is 14.9. The van der Waals surface area contributed by atoms with Crippen LogP contribution in [0.1, 0.15) is 50.7 Å². The number of nitrogens with zero attached hydrogens (tertiary/aromatic N) is 1. The van der Waals surface area contributed by atoms with E-state index in [0.717, 1.165) is 33.9 Å². The lowest BCUT2D eigenvalue weighted by molar-refractivity contribution is 0.0723. The summed E-state index contributed by atoms with van der Waals surface area (Å²) in [5.41, 5.74) is 5.37. The Labute approximate surface area is 156 Å². The fourth-order valence-corrected chi connectivity index (χ4v) is 4.81. The summed E-state index contributed by atoms with van der Waals surface area (Å²) in [5, 5.41) is 1.21. The monoisotopic (exact) mass is 354 g/mol. The summed E-state index contributed by atoms with van der Waals surface area (Å²) >= 11 is 0. The van der Waals surface area contributed by atoms with Crippen LogP contribution in [0, 0.1) is 6.92 Å². The molecule has 6 rings (SSSR count). The molecule has 1 N–H and O–H groups in total. The summed E-state index contributed by atoms with van der Waals surface area (Å²) < 4.78 is 6.01. The first-order valence-corrected chi connectivity index (χ1v) is 9.29. The molecule has 0 radical (unpaired) electrons. The minimum Gasteiger partial charge on any atom is -0.466 e. The molecule has 4 nitrogen and oxygen atoms in total. The van der Waals surface area contributed by atoms with Crippen LogP contribution in [0.25, 0.3) is 10.9 Å². The Morgan fingerprint density at radius 3 is 2.70 bits per heavy atom. The van der Waals surface area contributed by atoms with Crippen LogP contribution in [0.2, 0.25) is 0 Å². The highest BCUT2D eigenvalue weighted by atomic mass is 16.3. The van der Waals surface area contributed by atoms with Gasteiger partial charge in [-0.1, -0.05) is 36.4 Å². The molecular formula is C23H18N2O2. The molecule has 0 bridgehead atoms. The first-order chi connectivity index (χ1) is 13.2. The van der Waals surface area contributed by atoms with E-state index in [9.17, 15) is 4.79 Å². The van der Waals surface area contributed by atoms with Crippen molar-refractivity contribution in [2.75, 3.05) is 6.54 Å². The first kappa shape index (κ1) is 14.9. The summed E-state index contributed by atoms with van der Waals surface area (Å²) in [6, 6.07) is 20.3. The number of aromatic nitrogens is 1. The molecule has 0 spiro atoms. The molecule has 132 valence electrons. The van der Waals surface area contributed by atoms with Crippen LogP contribution in [0.4, 0.5) is 0 Å². The van der Waals surface area contributed by atoms with Gasteiger partial charge in [0.1, 0.15) is 11.5 Å². The molecule has 1 amide bonds. The van der Waals surface area contributed by atoms with Crippen molar-refractivity contribution >= 4 is 16.8 Å². The maximum Gasteiger partial charge on any atom is 0.255 e. The smallest absolute Gasteiger partial charge is 0.255 e. The third-order valence-corrected chi connectivity index (χ3v) is 5.94. The molecule has 27 heavy (non-hydrogen) atoms. The van der Waals surface area contributed by atoms with Crippen molar-refractivity contribution < 1.29 is 9.21 Å². The van der Waals surface area contributed by atoms with E-state index >= 15 is 0 Å². The van der Waals surface area contributed by atoms with E-state index < -0.39 is 0 Å². The molecular weight excluding hydrogens is 336 g/mol. The minimum atomic E-state index is -0.0524. The summed E-state index contributed by atoms with van der Waals surface area (Å²) in [5.74, 6) is 1.94. The van der Waals surface area contributed by atoms with Gasteiger partial charge in [0.05, 0.1) is 12.0 Å². The van der Waals surface area contributed by atoms with Crippen LogP contribution >= 0.6 is 0 Å². The largest absolute Gasteiger partial charge is 0.466 e. The number of fused-ring (bicyclic) bond motifs is 7. The van der Waals surface area contributed by atoms with Crippen LogP contribution in [0.15, 0.2) is 65.1 Å². The second kappa shape index (κ2) is 5.13. The summed E-state index contributed by atoms with van der Waals surface area (Å²) in [6.45, 7) is 2.59. The highest BCUT2D eigenvalue weighted by Gasteiger charge is 2.46. The number of H-pyrrole nitrogens is 1. The molecule has 2 aromatic carbocycles. The molecule has 2 atom stereocenters. The van der Waals surface area contributed by atoms with Gasteiger partial charge in [-0.25, -0.2) is 0 Å². The van der Waals surface area contributed by atoms with Crippen molar-refractivity contribution in [3.8, 4) is 0 Å². The van der Waals surface area contributed by atoms with Gasteiger partial charge in [-0.2, -0.15) is 0 Å². The maximum absolute atomic E-state index is 13.1. The molecule has 0 unspecified atom stereocenters. The Kier molecular flexibility index (Phi) is 2.82. The van der Waals surface area contributed by atoms with E-state index in [1.165, 1.54) is 10.9 Å². The normalized spacial score (nSPS) is 20.6. The fourth-order valence-electron chi connectivity index (χ4n) is 4.81. The van der Waals surface area contributed by atoms with Gasteiger partial charge < -0.3 is 14.3 Å². The minimum absolute atomic E-state index is 0.0272. The fraction of sp³-hybridized carbons (Fsp3) is 0.174. The van der Waals surface area contributed by atoms with E-state index in [2.05, 4.69) is 29.2 Å². The molecule has 0 saturated carbocycles. The standard InChI is InChI=1S/C23H18N2O2/c1-13-10-11-19(27-13)17-12-25-22(14-6-2-3-7-15(14)23(25)26)21-20(17)16-8-4-5-9-18(16)24-21/h2-11,17,22,24H,12H2,1H3/t17-,22-/m1/s1. The van der Waals surface area contributed by atoms with Gasteiger partial charge in [-0.05, 0) is 42.3 Å². The number of aryl methyl sites for hydroxylation is 1. The van der Waals surface area contributed by atoms with E-state index in [-0.39, 0.29) is 17.9 Å². The number of rotatable bonds is 1. The number of carbonyl (C=O) groups is 1. The summed E-state index contributed by atoms with van der Waals surface area (Å²) in [6.07, 6.45) is 0. The van der Waals surface area contributed by atoms with Gasteiger partial charge >= 0.3 is 0 Å². The Balaban J connectivity index is 1.65. The Morgan fingerprint density at radius 1 is 1.04 bits per heavy atom. The highest BCUT2D eigenvalue weighted by molar-refractivity contribution is 6.01. The van der Waals surface area contributed by atoms with Crippen LogP contribution in [-0.4, -0.2) is 22.3 Å². The average Bonchev–Trinajstić information content (AvgIpc) is 3.36. The molecule has 0 fully saturated rings. The number of hydrogen-bond donors (Lipinski definition) is 1. The number of hydrogen-bond acceptors (Lipinski definition) is 2. The average molecular weight is 354 g/mol. The molecule has 4 aromatic rings. The van der Waals surface area contributed by atoms with Crippen LogP contribution in [0.5, 0.6) is 0 Å². The quantitative estimate of drug-likeness (QED) is 0.536. The van der Waals surface area contributed by atoms with Crippen LogP contribution in [0.3, 0.4) is 0 Å². The van der Waals surface area contributed by atoms with Gasteiger partial charge in [0.2, 0.25) is 0 Å². The first-order valence-electron chi connectivity index (χ1n) is 9.29. The number of carbonyl (C=O) groups excluding carboxylic acids is 1. The predicted octanol–water partition coefficient (Wildman–Crippen LogP) is 4.76. The van der Waals surface area contributed by atoms with Crippen molar-refractivity contribution in [2.45, 2.75) is 18.9 Å². The van der Waals surface area contributed by atoms with E-state index in [1.807, 2.05) is 48.2 Å². The second-order valence-electron chi connectivity index (χ2n) is 7.45. The van der Waals surface area contributed by atoms with Crippen molar-refractivity contribution in [2.24, 2.45) is 0 Å². The third-order valence-electron chi connectivity index (χ3n) is 5.94. The number of aromatic amines is 1. The van der Waals surface area contributed by atoms with Crippen molar-refractivity contribution in [3.05, 3.63) is 94.6 Å². The molecule has 4 heterocycles. The molecule has 2 aliphatic rings. The second-order valence-corrected chi connectivity index (χ2v) is 7.45. The molecule has 2 aliphatic heterocycles. The van der Waals surface area contributed by atoms with Gasteiger partial charge in [-0.3, -0.25) is 4.79 Å². The lowest BCUT2D eigenvalue weighted by Crippen LogP contribution is -2.37. The number of benzene rings is 2. The van der Waals surface area contributed by atoms with Crippen LogP contribution < -0.4 is 0 Å². The third kappa shape index (κ3) is 1.90. The summed E-state index contributed by atoms with van der Waals surface area (Å²) in [4.78, 5) is 18.7.